The van der Waals surface area contributed by atoms with Crippen LogP contribution in [0.15, 0.2) is 12.2 Å². The Morgan fingerprint density at radius 3 is 2.40 bits per heavy atom. The second-order valence-electron chi connectivity index (χ2n) is 8.74. The average Bonchev–Trinajstić information content (AvgIpc) is 2.30. The van der Waals surface area contributed by atoms with E-state index in [-0.39, 0.29) is 0 Å². The Balaban J connectivity index is 1.80. The van der Waals surface area contributed by atoms with E-state index in [9.17, 15) is 0 Å². The van der Waals surface area contributed by atoms with Gasteiger partial charge in [0, 0.05) is 6.04 Å². The zero-order valence-electron chi connectivity index (χ0n) is 13.8. The molecule has 0 radical (unpaired) electrons. The van der Waals surface area contributed by atoms with Gasteiger partial charge in [-0.1, -0.05) is 19.4 Å². The van der Waals surface area contributed by atoms with Crippen LogP contribution in [-0.2, 0) is 0 Å². The molecule has 4 aliphatic rings. The van der Waals surface area contributed by atoms with Gasteiger partial charge in [-0.3, -0.25) is 0 Å². The highest BCUT2D eigenvalue weighted by molar-refractivity contribution is 5.10. The molecule has 3 unspecified atom stereocenters. The van der Waals surface area contributed by atoms with E-state index < -0.39 is 0 Å². The van der Waals surface area contributed by atoms with Gasteiger partial charge in [0.15, 0.2) is 0 Å². The Bertz CT molecular complexity index is 369. The third kappa shape index (κ3) is 2.58. The van der Waals surface area contributed by atoms with Crippen molar-refractivity contribution in [2.24, 2.45) is 22.7 Å². The predicted octanol–water partition coefficient (Wildman–Crippen LogP) is 4.93. The second kappa shape index (κ2) is 5.16. The highest BCUT2D eigenvalue weighted by atomic mass is 14.9. The van der Waals surface area contributed by atoms with Gasteiger partial charge in [-0.15, -0.1) is 6.58 Å². The first-order chi connectivity index (χ1) is 9.45. The summed E-state index contributed by atoms with van der Waals surface area (Å²) in [6.07, 6.45) is 11.6. The van der Waals surface area contributed by atoms with Gasteiger partial charge in [0.1, 0.15) is 0 Å². The van der Waals surface area contributed by atoms with Crippen molar-refractivity contribution in [2.45, 2.75) is 78.2 Å². The van der Waals surface area contributed by atoms with Crippen molar-refractivity contribution in [2.75, 3.05) is 6.54 Å². The molecule has 0 spiro atoms. The normalized spacial score (nSPS) is 43.8. The van der Waals surface area contributed by atoms with Crippen LogP contribution in [-0.4, -0.2) is 12.6 Å². The molecule has 1 heteroatoms. The zero-order valence-corrected chi connectivity index (χ0v) is 13.8. The number of rotatable bonds is 6. The highest BCUT2D eigenvalue weighted by Crippen LogP contribution is 2.66. The summed E-state index contributed by atoms with van der Waals surface area (Å²) in [5, 5.41) is 3.87. The molecule has 1 N–H and O–H groups in total. The molecule has 4 bridgehead atoms. The first-order valence-electron chi connectivity index (χ1n) is 8.82. The van der Waals surface area contributed by atoms with E-state index in [2.05, 4.69) is 32.7 Å². The summed E-state index contributed by atoms with van der Waals surface area (Å²) >= 11 is 0. The van der Waals surface area contributed by atoms with Crippen LogP contribution in [0.5, 0.6) is 0 Å². The van der Waals surface area contributed by atoms with Crippen molar-refractivity contribution in [3.63, 3.8) is 0 Å². The Morgan fingerprint density at radius 1 is 1.25 bits per heavy atom. The summed E-state index contributed by atoms with van der Waals surface area (Å²) in [6.45, 7) is 12.3. The Hall–Kier alpha value is -0.300. The van der Waals surface area contributed by atoms with E-state index >= 15 is 0 Å². The first-order valence-corrected chi connectivity index (χ1v) is 8.82. The second-order valence-corrected chi connectivity index (χ2v) is 8.74. The van der Waals surface area contributed by atoms with Crippen LogP contribution in [0, 0.1) is 22.7 Å². The SMILES string of the molecule is C=C(C)CCC(NCC)C12CC3CC(CC(C)(C3)C1)C2. The van der Waals surface area contributed by atoms with Gasteiger partial charge < -0.3 is 5.32 Å². The molecule has 0 aromatic rings. The number of nitrogens with one attached hydrogen (secondary N) is 1. The van der Waals surface area contributed by atoms with Crippen molar-refractivity contribution in [1.29, 1.82) is 0 Å². The molecule has 4 rings (SSSR count). The third-order valence-electron chi connectivity index (χ3n) is 6.45. The van der Waals surface area contributed by atoms with Crippen LogP contribution >= 0.6 is 0 Å². The summed E-state index contributed by atoms with van der Waals surface area (Å²) in [5.74, 6) is 2.07. The lowest BCUT2D eigenvalue weighted by Gasteiger charge is -2.63. The van der Waals surface area contributed by atoms with Crippen LogP contribution in [0.3, 0.4) is 0 Å². The molecule has 0 amide bonds. The first kappa shape index (κ1) is 14.6. The smallest absolute Gasteiger partial charge is 0.0127 e. The molecule has 0 aromatic heterocycles. The summed E-state index contributed by atoms with van der Waals surface area (Å²) in [6, 6.07) is 0.731. The molecule has 1 nitrogen and oxygen atoms in total. The molecule has 0 aromatic carbocycles. The number of hydrogen-bond donors (Lipinski definition) is 1. The maximum Gasteiger partial charge on any atom is 0.0127 e. The molecule has 0 aliphatic heterocycles. The van der Waals surface area contributed by atoms with Crippen molar-refractivity contribution < 1.29 is 0 Å². The van der Waals surface area contributed by atoms with E-state index in [1.807, 2.05) is 0 Å². The monoisotopic (exact) mass is 275 g/mol. The molecular formula is C19H33N. The number of allylic oxidation sites excluding steroid dienone is 1. The minimum Gasteiger partial charge on any atom is -0.314 e. The van der Waals surface area contributed by atoms with Crippen LogP contribution < -0.4 is 5.32 Å². The molecule has 20 heavy (non-hydrogen) atoms. The van der Waals surface area contributed by atoms with E-state index in [1.165, 1.54) is 56.9 Å². The molecule has 0 heterocycles. The number of hydrogen-bond acceptors (Lipinski definition) is 1. The van der Waals surface area contributed by atoms with Crippen LogP contribution in [0.25, 0.3) is 0 Å². The summed E-state index contributed by atoms with van der Waals surface area (Å²) in [7, 11) is 0. The molecule has 4 saturated carbocycles. The van der Waals surface area contributed by atoms with E-state index in [0.29, 0.717) is 10.8 Å². The molecule has 0 saturated heterocycles. The maximum absolute atomic E-state index is 4.12. The third-order valence-corrected chi connectivity index (χ3v) is 6.45. The standard InChI is InChI=1S/C19H33N/c1-5-20-17(7-6-14(2)3)19-11-15-8-16(12-19)10-18(4,9-15)13-19/h15-17,20H,2,5-13H2,1,3-4H3. The topological polar surface area (TPSA) is 12.0 Å². The van der Waals surface area contributed by atoms with Crippen molar-refractivity contribution in [3.8, 4) is 0 Å². The van der Waals surface area contributed by atoms with Crippen LogP contribution in [0.4, 0.5) is 0 Å². The Morgan fingerprint density at radius 2 is 1.90 bits per heavy atom. The van der Waals surface area contributed by atoms with Gasteiger partial charge in [0.2, 0.25) is 0 Å². The van der Waals surface area contributed by atoms with E-state index in [4.69, 9.17) is 0 Å². The van der Waals surface area contributed by atoms with Gasteiger partial charge in [0.25, 0.3) is 0 Å². The Kier molecular flexibility index (Phi) is 3.77. The van der Waals surface area contributed by atoms with E-state index in [0.717, 1.165) is 24.4 Å². The summed E-state index contributed by atoms with van der Waals surface area (Å²) in [5.41, 5.74) is 2.63. The molecule has 114 valence electrons. The fourth-order valence-corrected chi connectivity index (χ4v) is 6.47. The van der Waals surface area contributed by atoms with Crippen LogP contribution in [0.2, 0.25) is 0 Å². The maximum atomic E-state index is 4.12. The van der Waals surface area contributed by atoms with Gasteiger partial charge in [-0.25, -0.2) is 0 Å². The minimum atomic E-state index is 0.615. The lowest BCUT2D eigenvalue weighted by molar-refractivity contribution is -0.118. The predicted molar refractivity (Wildman–Crippen MR) is 86.7 cm³/mol. The quantitative estimate of drug-likeness (QED) is 0.678. The van der Waals surface area contributed by atoms with Crippen molar-refractivity contribution in [3.05, 3.63) is 12.2 Å². The fraction of sp³-hybridized carbons (Fsp3) is 0.895. The average molecular weight is 275 g/mol. The molecule has 3 atom stereocenters. The van der Waals surface area contributed by atoms with Crippen molar-refractivity contribution in [1.82, 2.24) is 5.32 Å². The zero-order chi connectivity index (χ0) is 14.4. The molecular weight excluding hydrogens is 242 g/mol. The van der Waals surface area contributed by atoms with Gasteiger partial charge in [-0.05, 0) is 87.5 Å². The molecule has 4 aliphatic carbocycles. The fourth-order valence-electron chi connectivity index (χ4n) is 6.47. The summed E-state index contributed by atoms with van der Waals surface area (Å²) in [4.78, 5) is 0. The van der Waals surface area contributed by atoms with Crippen LogP contribution in [0.1, 0.15) is 72.1 Å². The highest BCUT2D eigenvalue weighted by Gasteiger charge is 2.57. The lowest BCUT2D eigenvalue weighted by Crippen LogP contribution is -2.58. The van der Waals surface area contributed by atoms with Gasteiger partial charge >= 0.3 is 0 Å². The van der Waals surface area contributed by atoms with Gasteiger partial charge in [0.05, 0.1) is 0 Å². The van der Waals surface area contributed by atoms with Gasteiger partial charge in [-0.2, -0.15) is 0 Å². The summed E-state index contributed by atoms with van der Waals surface area (Å²) < 4.78 is 0. The largest absolute Gasteiger partial charge is 0.314 e. The minimum absolute atomic E-state index is 0.615. The lowest BCUT2D eigenvalue weighted by atomic mass is 9.43. The van der Waals surface area contributed by atoms with Crippen molar-refractivity contribution >= 4 is 0 Å². The van der Waals surface area contributed by atoms with E-state index in [1.54, 1.807) is 0 Å². The molecule has 4 fully saturated rings. The Labute approximate surface area is 125 Å².